The highest BCUT2D eigenvalue weighted by Crippen LogP contribution is 2.24. The summed E-state index contributed by atoms with van der Waals surface area (Å²) in [6, 6.07) is 12.6. The summed E-state index contributed by atoms with van der Waals surface area (Å²) < 4.78 is 2.19. The molecule has 1 aromatic heterocycles. The molecule has 3 aromatic rings. The Labute approximate surface area is 172 Å². The van der Waals surface area contributed by atoms with Crippen LogP contribution in [0, 0.1) is 21.8 Å². The monoisotopic (exact) mass is 411 g/mol. The third kappa shape index (κ3) is 4.75. The average molecular weight is 411 g/mol. The van der Waals surface area contributed by atoms with Gasteiger partial charge in [-0.3, -0.25) is 24.6 Å². The van der Waals surface area contributed by atoms with Gasteiger partial charge >= 0.3 is 0 Å². The zero-order valence-electron chi connectivity index (χ0n) is 16.1. The fraction of sp³-hybridized carbons (Fsp3) is 0.250. The van der Waals surface area contributed by atoms with Gasteiger partial charge in [-0.1, -0.05) is 42.8 Å². The second kappa shape index (κ2) is 8.78. The lowest BCUT2D eigenvalue weighted by Crippen LogP contribution is -2.15. The number of nitrogens with one attached hydrogen (secondary N) is 2. The molecule has 0 aliphatic carbocycles. The number of hydrogen-bond donors (Lipinski definition) is 2. The van der Waals surface area contributed by atoms with E-state index in [4.69, 9.17) is 12.2 Å². The number of H-pyrrole nitrogens is 1. The lowest BCUT2D eigenvalue weighted by Gasteiger charge is -2.09. The van der Waals surface area contributed by atoms with E-state index in [2.05, 4.69) is 15.5 Å². The van der Waals surface area contributed by atoms with Crippen LogP contribution in [0.5, 0.6) is 0 Å². The molecule has 1 heterocycles. The molecule has 0 bridgehead atoms. The van der Waals surface area contributed by atoms with Gasteiger partial charge in [-0.25, -0.2) is 0 Å². The minimum Gasteiger partial charge on any atom is -0.326 e. The van der Waals surface area contributed by atoms with Crippen LogP contribution in [0.2, 0.25) is 0 Å². The van der Waals surface area contributed by atoms with Gasteiger partial charge in [0.25, 0.3) is 5.69 Å². The molecule has 0 saturated heterocycles. The first kappa shape index (κ1) is 20.4. The summed E-state index contributed by atoms with van der Waals surface area (Å²) >= 11 is 5.29. The van der Waals surface area contributed by atoms with Gasteiger partial charge in [-0.2, -0.15) is 5.10 Å². The molecule has 29 heavy (non-hydrogen) atoms. The van der Waals surface area contributed by atoms with Crippen LogP contribution in [0.15, 0.2) is 42.5 Å². The van der Waals surface area contributed by atoms with E-state index in [1.54, 1.807) is 16.7 Å². The van der Waals surface area contributed by atoms with Gasteiger partial charge in [0.1, 0.15) is 0 Å². The number of hydrogen-bond acceptors (Lipinski definition) is 5. The molecular formula is C20H21N5O3S. The van der Waals surface area contributed by atoms with Gasteiger partial charge < -0.3 is 5.32 Å². The average Bonchev–Trinajstić information content (AvgIpc) is 3.07. The lowest BCUT2D eigenvalue weighted by molar-refractivity contribution is -0.385. The van der Waals surface area contributed by atoms with Crippen molar-refractivity contribution in [3.63, 3.8) is 0 Å². The van der Waals surface area contributed by atoms with Crippen molar-refractivity contribution < 1.29 is 9.72 Å². The summed E-state index contributed by atoms with van der Waals surface area (Å²) in [5, 5.41) is 20.9. The van der Waals surface area contributed by atoms with Crippen LogP contribution in [0.1, 0.15) is 24.5 Å². The molecule has 0 aliphatic heterocycles. The zero-order valence-corrected chi connectivity index (χ0v) is 17.0. The van der Waals surface area contributed by atoms with Gasteiger partial charge in [-0.15, -0.1) is 0 Å². The third-order valence-corrected chi connectivity index (χ3v) is 4.89. The van der Waals surface area contributed by atoms with Crippen LogP contribution < -0.4 is 5.32 Å². The Bertz CT molecular complexity index is 1100. The van der Waals surface area contributed by atoms with E-state index < -0.39 is 4.92 Å². The number of nitrogens with zero attached hydrogens (tertiary/aromatic N) is 3. The summed E-state index contributed by atoms with van der Waals surface area (Å²) in [6.07, 6.45) is 0.696. The summed E-state index contributed by atoms with van der Waals surface area (Å²) in [5.41, 5.74) is 3.06. The van der Waals surface area contributed by atoms with Gasteiger partial charge in [0.05, 0.1) is 4.92 Å². The number of aromatic nitrogens is 3. The molecule has 0 atom stereocenters. The van der Waals surface area contributed by atoms with Crippen molar-refractivity contribution in [1.29, 1.82) is 0 Å². The molecule has 0 aliphatic rings. The van der Waals surface area contributed by atoms with E-state index in [9.17, 15) is 14.9 Å². The summed E-state index contributed by atoms with van der Waals surface area (Å²) in [6.45, 7) is 4.18. The maximum Gasteiger partial charge on any atom is 0.274 e. The molecular weight excluding hydrogens is 390 g/mol. The van der Waals surface area contributed by atoms with Crippen LogP contribution in [-0.4, -0.2) is 25.6 Å². The molecule has 0 radical (unpaired) electrons. The lowest BCUT2D eigenvalue weighted by atomic mass is 10.1. The van der Waals surface area contributed by atoms with Crippen LogP contribution in [0.3, 0.4) is 0 Å². The van der Waals surface area contributed by atoms with Crippen LogP contribution >= 0.6 is 12.2 Å². The van der Waals surface area contributed by atoms with E-state index in [-0.39, 0.29) is 18.0 Å². The van der Waals surface area contributed by atoms with Gasteiger partial charge in [0.15, 0.2) is 10.6 Å². The van der Waals surface area contributed by atoms with Crippen molar-refractivity contribution in [3.05, 3.63) is 68.5 Å². The van der Waals surface area contributed by atoms with Gasteiger partial charge in [0.2, 0.25) is 5.91 Å². The Morgan fingerprint density at radius 2 is 2.00 bits per heavy atom. The van der Waals surface area contributed by atoms with Crippen molar-refractivity contribution >= 4 is 29.5 Å². The molecule has 0 spiro atoms. The van der Waals surface area contributed by atoms with Crippen LogP contribution in [0.25, 0.3) is 11.4 Å². The minimum atomic E-state index is -0.437. The SMILES string of the molecule is CCc1ccc(NC(=O)CCn2c(-c3ccc(C)cc3)n[nH]c2=S)cc1[N+](=O)[O-]. The van der Waals surface area contributed by atoms with Gasteiger partial charge in [-0.05, 0) is 31.6 Å². The first-order valence-corrected chi connectivity index (χ1v) is 9.59. The van der Waals surface area contributed by atoms with E-state index in [1.807, 2.05) is 38.1 Å². The molecule has 2 N–H and O–H groups in total. The smallest absolute Gasteiger partial charge is 0.274 e. The number of aromatic amines is 1. The van der Waals surface area contributed by atoms with Gasteiger partial charge in [0, 0.05) is 35.8 Å². The van der Waals surface area contributed by atoms with E-state index in [0.717, 1.165) is 11.1 Å². The molecule has 8 nitrogen and oxygen atoms in total. The number of amides is 1. The van der Waals surface area contributed by atoms with Crippen molar-refractivity contribution in [2.75, 3.05) is 5.32 Å². The van der Waals surface area contributed by atoms with Crippen molar-refractivity contribution in [3.8, 4) is 11.4 Å². The number of rotatable bonds is 7. The zero-order chi connectivity index (χ0) is 21.0. The molecule has 0 saturated carbocycles. The molecule has 0 unspecified atom stereocenters. The normalized spacial score (nSPS) is 10.7. The quantitative estimate of drug-likeness (QED) is 0.340. The highest BCUT2D eigenvalue weighted by Gasteiger charge is 2.15. The summed E-state index contributed by atoms with van der Waals surface area (Å²) in [7, 11) is 0. The van der Waals surface area contributed by atoms with E-state index >= 15 is 0 Å². The number of carbonyl (C=O) groups excluding carboxylic acids is 1. The predicted octanol–water partition coefficient (Wildman–Crippen LogP) is 4.42. The molecule has 150 valence electrons. The van der Waals surface area contributed by atoms with Crippen LogP contribution in [-0.2, 0) is 17.8 Å². The van der Waals surface area contributed by atoms with Crippen molar-refractivity contribution in [1.82, 2.24) is 14.8 Å². The van der Waals surface area contributed by atoms with Crippen molar-refractivity contribution in [2.24, 2.45) is 0 Å². The molecule has 3 rings (SSSR count). The second-order valence-corrected chi connectivity index (χ2v) is 7.01. The first-order valence-electron chi connectivity index (χ1n) is 9.18. The fourth-order valence-electron chi connectivity index (χ4n) is 3.00. The summed E-state index contributed by atoms with van der Waals surface area (Å²) in [5.74, 6) is 0.396. The number of nitro benzene ring substituents is 1. The number of aryl methyl sites for hydroxylation is 2. The highest BCUT2D eigenvalue weighted by molar-refractivity contribution is 7.71. The second-order valence-electron chi connectivity index (χ2n) is 6.62. The predicted molar refractivity (Wildman–Crippen MR) is 113 cm³/mol. The largest absolute Gasteiger partial charge is 0.326 e. The molecule has 9 heteroatoms. The maximum atomic E-state index is 12.4. The Morgan fingerprint density at radius 3 is 2.66 bits per heavy atom. The number of benzene rings is 2. The fourth-order valence-corrected chi connectivity index (χ4v) is 3.22. The summed E-state index contributed by atoms with van der Waals surface area (Å²) in [4.78, 5) is 23.1. The molecule has 0 fully saturated rings. The minimum absolute atomic E-state index is 0.00371. The topological polar surface area (TPSA) is 106 Å². The standard InChI is InChI=1S/C20H21N5O3S/c1-3-14-8-9-16(12-17(14)25(27)28)21-18(26)10-11-24-19(22-23-20(24)29)15-6-4-13(2)5-7-15/h4-9,12H,3,10-11H2,1-2H3,(H,21,26)(H,23,29). The van der Waals surface area contributed by atoms with Crippen molar-refractivity contribution in [2.45, 2.75) is 33.2 Å². The number of nitro groups is 1. The maximum absolute atomic E-state index is 12.4. The Balaban J connectivity index is 1.71. The Hall–Kier alpha value is -3.33. The van der Waals surface area contributed by atoms with E-state index in [1.165, 1.54) is 6.07 Å². The third-order valence-electron chi connectivity index (χ3n) is 4.58. The van der Waals surface area contributed by atoms with Crippen LogP contribution in [0.4, 0.5) is 11.4 Å². The van der Waals surface area contributed by atoms with E-state index in [0.29, 0.717) is 34.8 Å². The first-order chi connectivity index (χ1) is 13.9. The highest BCUT2D eigenvalue weighted by atomic mass is 32.1. The number of carbonyl (C=O) groups is 1. The molecule has 2 aromatic carbocycles. The molecule has 1 amide bonds. The Morgan fingerprint density at radius 1 is 1.28 bits per heavy atom. The number of anilines is 1. The Kier molecular flexibility index (Phi) is 6.18.